The number of aromatic nitrogens is 4. The molecule has 10 heteroatoms. The van der Waals surface area contributed by atoms with Crippen molar-refractivity contribution >= 4 is 23.5 Å². The van der Waals surface area contributed by atoms with Gasteiger partial charge in [-0.2, -0.15) is 0 Å². The number of carbonyl (C=O) groups is 1. The molecule has 3 aromatic heterocycles. The molecule has 4 aromatic rings. The van der Waals surface area contributed by atoms with E-state index in [0.717, 1.165) is 17.5 Å². The summed E-state index contributed by atoms with van der Waals surface area (Å²) in [7, 11) is 0. The van der Waals surface area contributed by atoms with Crippen LogP contribution < -0.4 is 5.32 Å². The molecule has 9 nitrogen and oxygen atoms in total. The van der Waals surface area contributed by atoms with Crippen LogP contribution in [0.25, 0.3) is 22.5 Å². The van der Waals surface area contributed by atoms with E-state index in [1.165, 1.54) is 12.5 Å². The van der Waals surface area contributed by atoms with E-state index in [9.17, 15) is 4.79 Å². The van der Waals surface area contributed by atoms with Crippen molar-refractivity contribution in [2.24, 2.45) is 0 Å². The van der Waals surface area contributed by atoms with Gasteiger partial charge in [-0.1, -0.05) is 34.0 Å². The highest BCUT2D eigenvalue weighted by Crippen LogP contribution is 2.34. The van der Waals surface area contributed by atoms with Crippen LogP contribution in [0.2, 0.25) is 5.02 Å². The third-order valence-corrected chi connectivity index (χ3v) is 5.63. The smallest absolute Gasteiger partial charge is 0.258 e. The minimum Gasteiger partial charge on any atom is -0.364 e. The van der Waals surface area contributed by atoms with Gasteiger partial charge in [0.05, 0.1) is 23.0 Å². The first-order chi connectivity index (χ1) is 15.6. The zero-order valence-corrected chi connectivity index (χ0v) is 17.9. The first-order valence-electron chi connectivity index (χ1n) is 10.1. The van der Waals surface area contributed by atoms with Gasteiger partial charge in [-0.3, -0.25) is 4.79 Å². The van der Waals surface area contributed by atoms with Crippen molar-refractivity contribution in [2.45, 2.75) is 19.4 Å². The van der Waals surface area contributed by atoms with Crippen molar-refractivity contribution in [3.05, 3.63) is 65.3 Å². The maximum atomic E-state index is 12.5. The lowest BCUT2D eigenvalue weighted by Gasteiger charge is -2.16. The molecule has 0 radical (unpaired) electrons. The number of halogens is 1. The number of amides is 1. The Morgan fingerprint density at radius 3 is 2.88 bits per heavy atom. The van der Waals surface area contributed by atoms with Gasteiger partial charge in [0.15, 0.2) is 0 Å². The van der Waals surface area contributed by atoms with Crippen LogP contribution in [0.1, 0.15) is 22.5 Å². The minimum absolute atomic E-state index is 0.0355. The van der Waals surface area contributed by atoms with Gasteiger partial charge >= 0.3 is 0 Å². The number of likely N-dealkylation sites (tertiary alicyclic amines) is 1. The number of aryl methyl sites for hydroxylation is 1. The molecule has 0 bridgehead atoms. The lowest BCUT2D eigenvalue weighted by Crippen LogP contribution is -2.31. The average Bonchev–Trinajstić information content (AvgIpc) is 3.55. The fourth-order valence-corrected chi connectivity index (χ4v) is 3.91. The molecule has 0 aliphatic carbocycles. The molecule has 1 amide bonds. The van der Waals surface area contributed by atoms with E-state index in [2.05, 4.69) is 25.6 Å². The molecular weight excluding hydrogens is 432 g/mol. The van der Waals surface area contributed by atoms with Gasteiger partial charge in [0.1, 0.15) is 17.7 Å². The van der Waals surface area contributed by atoms with E-state index in [0.29, 0.717) is 46.8 Å². The van der Waals surface area contributed by atoms with Crippen LogP contribution in [0.4, 0.5) is 5.95 Å². The second-order valence-electron chi connectivity index (χ2n) is 7.53. The van der Waals surface area contributed by atoms with Crippen molar-refractivity contribution in [3.8, 4) is 22.5 Å². The maximum absolute atomic E-state index is 12.5. The Hall–Kier alpha value is -3.72. The van der Waals surface area contributed by atoms with E-state index in [4.69, 9.17) is 20.6 Å². The molecule has 0 saturated carbocycles. The molecule has 0 unspecified atom stereocenters. The van der Waals surface area contributed by atoms with Crippen molar-refractivity contribution < 1.29 is 13.8 Å². The van der Waals surface area contributed by atoms with Crippen LogP contribution in [-0.2, 0) is 0 Å². The third-order valence-electron chi connectivity index (χ3n) is 5.38. The average molecular weight is 451 g/mol. The fraction of sp³-hybridized carbons (Fsp3) is 0.227. The molecule has 1 aromatic carbocycles. The summed E-state index contributed by atoms with van der Waals surface area (Å²) in [6.07, 6.45) is 5.26. The number of carbonyl (C=O) groups excluding carboxylic acids is 1. The number of nitrogens with one attached hydrogen (secondary N) is 1. The Kier molecular flexibility index (Phi) is 5.32. The first-order valence-corrected chi connectivity index (χ1v) is 10.5. The van der Waals surface area contributed by atoms with Crippen molar-refractivity contribution in [2.75, 3.05) is 18.4 Å². The highest BCUT2D eigenvalue weighted by atomic mass is 35.5. The van der Waals surface area contributed by atoms with Gasteiger partial charge in [-0.05, 0) is 31.5 Å². The number of rotatable bonds is 5. The first kappa shape index (κ1) is 20.2. The highest BCUT2D eigenvalue weighted by molar-refractivity contribution is 6.30. The molecule has 1 N–H and O–H groups in total. The standard InChI is InChI=1S/C22H19ClN6O3/c1-13-19(20(28-32-13)14-2-4-16(23)5-3-14)18-6-8-24-22(27-18)26-17-7-9-29(11-17)21(30)15-10-25-31-12-15/h2-6,8,10,12,17H,7,9,11H2,1H3,(H,24,26,27)/t17-/m1/s1. The minimum atomic E-state index is -0.0991. The summed E-state index contributed by atoms with van der Waals surface area (Å²) in [4.78, 5) is 23.3. The molecule has 5 rings (SSSR count). The van der Waals surface area contributed by atoms with Gasteiger partial charge in [-0.25, -0.2) is 9.97 Å². The monoisotopic (exact) mass is 450 g/mol. The maximum Gasteiger partial charge on any atom is 0.258 e. The predicted molar refractivity (Wildman–Crippen MR) is 117 cm³/mol. The molecule has 1 fully saturated rings. The van der Waals surface area contributed by atoms with E-state index in [1.807, 2.05) is 37.3 Å². The summed E-state index contributed by atoms with van der Waals surface area (Å²) in [5, 5.41) is 11.8. The van der Waals surface area contributed by atoms with E-state index >= 15 is 0 Å². The van der Waals surface area contributed by atoms with E-state index < -0.39 is 0 Å². The zero-order chi connectivity index (χ0) is 22.1. The topological polar surface area (TPSA) is 110 Å². The van der Waals surface area contributed by atoms with Crippen LogP contribution >= 0.6 is 11.6 Å². The molecule has 4 heterocycles. The normalized spacial score (nSPS) is 15.8. The van der Waals surface area contributed by atoms with E-state index in [-0.39, 0.29) is 11.9 Å². The summed E-state index contributed by atoms with van der Waals surface area (Å²) in [6, 6.07) is 9.26. The Morgan fingerprint density at radius 2 is 2.09 bits per heavy atom. The molecule has 1 aliphatic rings. The largest absolute Gasteiger partial charge is 0.364 e. The van der Waals surface area contributed by atoms with Crippen LogP contribution in [0.5, 0.6) is 0 Å². The van der Waals surface area contributed by atoms with Gasteiger partial charge in [0, 0.05) is 35.9 Å². The molecule has 1 aliphatic heterocycles. The second kappa shape index (κ2) is 8.43. The Bertz CT molecular complexity index is 1240. The Balaban J connectivity index is 1.35. The Morgan fingerprint density at radius 1 is 1.25 bits per heavy atom. The van der Waals surface area contributed by atoms with Crippen LogP contribution in [0, 0.1) is 6.92 Å². The number of hydrogen-bond acceptors (Lipinski definition) is 8. The summed E-state index contributed by atoms with van der Waals surface area (Å²) >= 11 is 6.02. The second-order valence-corrected chi connectivity index (χ2v) is 7.97. The molecule has 32 heavy (non-hydrogen) atoms. The summed E-state index contributed by atoms with van der Waals surface area (Å²) in [5.41, 5.74) is 3.51. The van der Waals surface area contributed by atoms with Gasteiger partial charge in [-0.15, -0.1) is 0 Å². The van der Waals surface area contributed by atoms with Gasteiger partial charge < -0.3 is 19.3 Å². The molecule has 1 atom stereocenters. The fourth-order valence-electron chi connectivity index (χ4n) is 3.78. The Labute approximate surface area is 188 Å². The molecular formula is C22H19ClN6O3. The number of benzene rings is 1. The highest BCUT2D eigenvalue weighted by Gasteiger charge is 2.28. The summed E-state index contributed by atoms with van der Waals surface area (Å²) in [6.45, 7) is 3.02. The number of anilines is 1. The third kappa shape index (κ3) is 3.94. The van der Waals surface area contributed by atoms with Gasteiger partial charge in [0.2, 0.25) is 5.95 Å². The predicted octanol–water partition coefficient (Wildman–Crippen LogP) is 4.08. The quantitative estimate of drug-likeness (QED) is 0.484. The zero-order valence-electron chi connectivity index (χ0n) is 17.2. The van der Waals surface area contributed by atoms with Crippen molar-refractivity contribution in [3.63, 3.8) is 0 Å². The van der Waals surface area contributed by atoms with E-state index in [1.54, 1.807) is 11.1 Å². The summed E-state index contributed by atoms with van der Waals surface area (Å²) in [5.74, 6) is 1.04. The van der Waals surface area contributed by atoms with Crippen LogP contribution in [0.15, 0.2) is 58.0 Å². The number of nitrogens with zero attached hydrogens (tertiary/aromatic N) is 5. The lowest BCUT2D eigenvalue weighted by molar-refractivity contribution is 0.0791. The molecule has 1 saturated heterocycles. The number of hydrogen-bond donors (Lipinski definition) is 1. The van der Waals surface area contributed by atoms with Crippen LogP contribution in [0.3, 0.4) is 0 Å². The summed E-state index contributed by atoms with van der Waals surface area (Å²) < 4.78 is 10.2. The van der Waals surface area contributed by atoms with Crippen LogP contribution in [-0.4, -0.2) is 50.2 Å². The lowest BCUT2D eigenvalue weighted by atomic mass is 10.0. The van der Waals surface area contributed by atoms with Gasteiger partial charge in [0.25, 0.3) is 5.91 Å². The van der Waals surface area contributed by atoms with Crippen molar-refractivity contribution in [1.29, 1.82) is 0 Å². The molecule has 0 spiro atoms. The van der Waals surface area contributed by atoms with Crippen molar-refractivity contribution in [1.82, 2.24) is 25.2 Å². The SMILES string of the molecule is Cc1onc(-c2ccc(Cl)cc2)c1-c1ccnc(N[C@@H]2CCN(C(=O)c3cnoc3)C2)n1. The molecule has 162 valence electrons.